The van der Waals surface area contributed by atoms with Gasteiger partial charge in [-0.3, -0.25) is 4.55 Å². The van der Waals surface area contributed by atoms with Gasteiger partial charge in [0.2, 0.25) is 0 Å². The van der Waals surface area contributed by atoms with Crippen LogP contribution in [0, 0.1) is 13.8 Å². The highest BCUT2D eigenvalue weighted by Crippen LogP contribution is 2.39. The molecule has 0 fully saturated rings. The highest BCUT2D eigenvalue weighted by molar-refractivity contribution is 7.86. The molecule has 6 heteroatoms. The van der Waals surface area contributed by atoms with Crippen molar-refractivity contribution in [3.05, 3.63) is 76.9 Å². The molecule has 0 heterocycles. The van der Waals surface area contributed by atoms with Crippen molar-refractivity contribution in [2.24, 2.45) is 0 Å². The lowest BCUT2D eigenvalue weighted by Crippen LogP contribution is -2.07. The van der Waals surface area contributed by atoms with Gasteiger partial charge in [0.15, 0.2) is 0 Å². The molecule has 0 spiro atoms. The van der Waals surface area contributed by atoms with E-state index >= 15 is 0 Å². The molecule has 0 unspecified atom stereocenters. The van der Waals surface area contributed by atoms with Crippen molar-refractivity contribution in [2.45, 2.75) is 38.0 Å². The van der Waals surface area contributed by atoms with Crippen molar-refractivity contribution >= 4 is 10.1 Å². The molecule has 164 valence electrons. The fraction of sp³-hybridized carbons (Fsp3) is 0.280. The number of rotatable bonds is 8. The maximum atomic E-state index is 12.2. The molecule has 0 aromatic heterocycles. The number of benzene rings is 3. The molecule has 0 aliphatic rings. The molecular weight excluding hydrogens is 412 g/mol. The van der Waals surface area contributed by atoms with Gasteiger partial charge >= 0.3 is 0 Å². The first-order valence-corrected chi connectivity index (χ1v) is 11.6. The van der Waals surface area contributed by atoms with Gasteiger partial charge in [-0.25, -0.2) is 0 Å². The summed E-state index contributed by atoms with van der Waals surface area (Å²) in [6.07, 6.45) is 2.21. The van der Waals surface area contributed by atoms with Crippen LogP contribution in [0.15, 0.2) is 59.5 Å². The van der Waals surface area contributed by atoms with Gasteiger partial charge in [-0.05, 0) is 68.0 Å². The van der Waals surface area contributed by atoms with Crippen molar-refractivity contribution in [1.29, 1.82) is 0 Å². The summed E-state index contributed by atoms with van der Waals surface area (Å²) in [6.45, 7) is 4.00. The number of aryl methyl sites for hydroxylation is 3. The summed E-state index contributed by atoms with van der Waals surface area (Å²) in [6, 6.07) is 16.6. The third-order valence-corrected chi connectivity index (χ3v) is 6.37. The van der Waals surface area contributed by atoms with E-state index in [1.807, 2.05) is 44.2 Å². The van der Waals surface area contributed by atoms with Gasteiger partial charge < -0.3 is 9.47 Å². The zero-order valence-corrected chi connectivity index (χ0v) is 19.1. The van der Waals surface area contributed by atoms with Gasteiger partial charge in [-0.1, -0.05) is 42.0 Å². The minimum absolute atomic E-state index is 0.106. The van der Waals surface area contributed by atoms with Crippen molar-refractivity contribution in [2.75, 3.05) is 14.2 Å². The Morgan fingerprint density at radius 1 is 0.871 bits per heavy atom. The molecule has 0 bridgehead atoms. The van der Waals surface area contributed by atoms with Crippen molar-refractivity contribution in [3.63, 3.8) is 0 Å². The van der Waals surface area contributed by atoms with Crippen molar-refractivity contribution in [1.82, 2.24) is 0 Å². The smallest absolute Gasteiger partial charge is 0.295 e. The van der Waals surface area contributed by atoms with Crippen LogP contribution in [0.3, 0.4) is 0 Å². The van der Waals surface area contributed by atoms with Gasteiger partial charge in [0, 0.05) is 11.1 Å². The van der Waals surface area contributed by atoms with E-state index in [0.717, 1.165) is 40.8 Å². The molecule has 0 aliphatic heterocycles. The lowest BCUT2D eigenvalue weighted by Gasteiger charge is -2.19. The molecule has 31 heavy (non-hydrogen) atoms. The Kier molecular flexibility index (Phi) is 7.03. The second-order valence-electron chi connectivity index (χ2n) is 7.58. The van der Waals surface area contributed by atoms with Gasteiger partial charge in [0.25, 0.3) is 10.1 Å². The third kappa shape index (κ3) is 5.09. The quantitative estimate of drug-likeness (QED) is 0.474. The lowest BCUT2D eigenvalue weighted by atomic mass is 9.91. The predicted octanol–water partition coefficient (Wildman–Crippen LogP) is 5.41. The average molecular weight is 441 g/mol. The SMILES string of the molecule is COc1ccc(C)cc1CCCc1c(C)ccc(S(=O)(=O)O)c1-c1ccccc1OC. The first-order valence-electron chi connectivity index (χ1n) is 10.1. The molecule has 0 amide bonds. The highest BCUT2D eigenvalue weighted by Gasteiger charge is 2.23. The summed E-state index contributed by atoms with van der Waals surface area (Å²) in [5.74, 6) is 1.40. The molecule has 0 atom stereocenters. The lowest BCUT2D eigenvalue weighted by molar-refractivity contribution is 0.409. The van der Waals surface area contributed by atoms with Gasteiger partial charge in [-0.15, -0.1) is 0 Å². The molecule has 0 saturated carbocycles. The van der Waals surface area contributed by atoms with E-state index in [9.17, 15) is 13.0 Å². The number of methoxy groups -OCH3 is 2. The Balaban J connectivity index is 2.05. The Labute approximate surface area is 184 Å². The summed E-state index contributed by atoms with van der Waals surface area (Å²) < 4.78 is 45.3. The second kappa shape index (κ2) is 9.54. The van der Waals surface area contributed by atoms with Crippen LogP contribution in [-0.2, 0) is 23.0 Å². The molecule has 0 radical (unpaired) electrons. The molecule has 3 rings (SSSR count). The third-order valence-electron chi connectivity index (χ3n) is 5.47. The first-order chi connectivity index (χ1) is 14.8. The number of hydrogen-bond acceptors (Lipinski definition) is 4. The van der Waals surface area contributed by atoms with Gasteiger partial charge in [0.05, 0.1) is 14.2 Å². The second-order valence-corrected chi connectivity index (χ2v) is 8.97. The Morgan fingerprint density at radius 2 is 1.58 bits per heavy atom. The molecular formula is C25H28O5S. The Bertz CT molecular complexity index is 1180. The summed E-state index contributed by atoms with van der Waals surface area (Å²) in [5.41, 5.74) is 5.26. The molecule has 0 aliphatic carbocycles. The largest absolute Gasteiger partial charge is 0.496 e. The average Bonchev–Trinajstić information content (AvgIpc) is 2.74. The zero-order valence-electron chi connectivity index (χ0n) is 18.3. The van der Waals surface area contributed by atoms with E-state index in [0.29, 0.717) is 23.3 Å². The zero-order chi connectivity index (χ0) is 22.6. The van der Waals surface area contributed by atoms with Gasteiger partial charge in [0.1, 0.15) is 16.4 Å². The summed E-state index contributed by atoms with van der Waals surface area (Å²) in [7, 11) is -1.21. The van der Waals surface area contributed by atoms with E-state index in [2.05, 4.69) is 6.07 Å². The van der Waals surface area contributed by atoms with E-state index in [4.69, 9.17) is 9.47 Å². The highest BCUT2D eigenvalue weighted by atomic mass is 32.2. The van der Waals surface area contributed by atoms with Crippen LogP contribution in [0.5, 0.6) is 11.5 Å². The van der Waals surface area contributed by atoms with Crippen LogP contribution in [0.4, 0.5) is 0 Å². The number of hydrogen-bond donors (Lipinski definition) is 1. The van der Waals surface area contributed by atoms with Crippen LogP contribution in [0.25, 0.3) is 11.1 Å². The van der Waals surface area contributed by atoms with Crippen LogP contribution in [-0.4, -0.2) is 27.2 Å². The molecule has 5 nitrogen and oxygen atoms in total. The fourth-order valence-corrected chi connectivity index (χ4v) is 4.70. The first kappa shape index (κ1) is 22.8. The minimum Gasteiger partial charge on any atom is -0.496 e. The van der Waals surface area contributed by atoms with E-state index in [1.54, 1.807) is 26.4 Å². The van der Waals surface area contributed by atoms with Gasteiger partial charge in [-0.2, -0.15) is 8.42 Å². The molecule has 3 aromatic rings. The van der Waals surface area contributed by atoms with E-state index in [1.165, 1.54) is 6.07 Å². The van der Waals surface area contributed by atoms with Crippen LogP contribution >= 0.6 is 0 Å². The summed E-state index contributed by atoms with van der Waals surface area (Å²) >= 11 is 0. The minimum atomic E-state index is -4.41. The summed E-state index contributed by atoms with van der Waals surface area (Å²) in [5, 5.41) is 0. The molecule has 0 saturated heterocycles. The van der Waals surface area contributed by atoms with Crippen molar-refractivity contribution < 1.29 is 22.4 Å². The van der Waals surface area contributed by atoms with E-state index in [-0.39, 0.29) is 4.90 Å². The topological polar surface area (TPSA) is 72.8 Å². The van der Waals surface area contributed by atoms with Crippen molar-refractivity contribution in [3.8, 4) is 22.6 Å². The monoisotopic (exact) mass is 440 g/mol. The molecule has 3 aromatic carbocycles. The van der Waals surface area contributed by atoms with Crippen LogP contribution in [0.1, 0.15) is 28.7 Å². The number of ether oxygens (including phenoxy) is 2. The van der Waals surface area contributed by atoms with Crippen LogP contribution in [0.2, 0.25) is 0 Å². The fourth-order valence-electron chi connectivity index (χ4n) is 3.97. The molecule has 1 N–H and O–H groups in total. The maximum absolute atomic E-state index is 12.2. The maximum Gasteiger partial charge on any atom is 0.295 e. The standard InChI is InChI=1S/C25H28O5S/c1-17-12-14-22(29-3)19(16-17)8-7-10-20-18(2)13-15-24(31(26,27)28)25(20)21-9-5-6-11-23(21)30-4/h5-6,9,11-16H,7-8,10H2,1-4H3,(H,26,27,28). The predicted molar refractivity (Wildman–Crippen MR) is 123 cm³/mol. The Hall–Kier alpha value is -2.83. The van der Waals surface area contributed by atoms with E-state index < -0.39 is 10.1 Å². The number of para-hydroxylation sites is 1. The van der Waals surface area contributed by atoms with Crippen LogP contribution < -0.4 is 9.47 Å². The normalized spacial score (nSPS) is 11.4. The Morgan fingerprint density at radius 3 is 2.26 bits per heavy atom. The summed E-state index contributed by atoms with van der Waals surface area (Å²) in [4.78, 5) is -0.106.